The first-order valence-corrected chi connectivity index (χ1v) is 6.92. The molecule has 1 atom stereocenters. The maximum absolute atomic E-state index is 13.6. The third kappa shape index (κ3) is 3.72. The van der Waals surface area contributed by atoms with Gasteiger partial charge in [0.05, 0.1) is 11.7 Å². The van der Waals surface area contributed by atoms with Crippen LogP contribution >= 0.6 is 0 Å². The predicted molar refractivity (Wildman–Crippen MR) is 67.6 cm³/mol. The number of alkyl halides is 3. The van der Waals surface area contributed by atoms with E-state index >= 15 is 0 Å². The molecule has 0 bridgehead atoms. The van der Waals surface area contributed by atoms with Gasteiger partial charge in [-0.25, -0.2) is 4.39 Å². The lowest BCUT2D eigenvalue weighted by molar-refractivity contribution is -0.137. The van der Waals surface area contributed by atoms with E-state index in [1.165, 1.54) is 0 Å². The minimum atomic E-state index is -4.52. The smallest absolute Gasteiger partial charge is 0.388 e. The zero-order valence-corrected chi connectivity index (χ0v) is 11.1. The number of hydrogen-bond acceptors (Lipinski definition) is 1. The van der Waals surface area contributed by atoms with Gasteiger partial charge in [0.25, 0.3) is 0 Å². The number of halogens is 4. The Hall–Kier alpha value is -1.10. The van der Waals surface area contributed by atoms with Gasteiger partial charge in [-0.1, -0.05) is 32.1 Å². The Kier molecular flexibility index (Phi) is 4.68. The molecule has 1 nitrogen and oxygen atoms in total. The topological polar surface area (TPSA) is 20.2 Å². The van der Waals surface area contributed by atoms with Crippen molar-refractivity contribution < 1.29 is 22.7 Å². The Morgan fingerprint density at radius 3 is 2.40 bits per heavy atom. The molecule has 1 aromatic carbocycles. The van der Waals surface area contributed by atoms with Crippen LogP contribution in [0.3, 0.4) is 0 Å². The lowest BCUT2D eigenvalue weighted by Crippen LogP contribution is -2.13. The van der Waals surface area contributed by atoms with E-state index in [1.54, 1.807) is 0 Å². The van der Waals surface area contributed by atoms with Crippen LogP contribution in [-0.4, -0.2) is 5.11 Å². The molecule has 0 heterocycles. The third-order valence-corrected chi connectivity index (χ3v) is 3.96. The predicted octanol–water partition coefficient (Wildman–Crippen LogP) is 4.85. The van der Waals surface area contributed by atoms with Crippen LogP contribution in [-0.2, 0) is 6.18 Å². The van der Waals surface area contributed by atoms with Crippen molar-refractivity contribution in [1.82, 2.24) is 0 Å². The number of hydrogen-bond donors (Lipinski definition) is 1. The van der Waals surface area contributed by atoms with Crippen molar-refractivity contribution in [2.45, 2.75) is 50.8 Å². The Morgan fingerprint density at radius 1 is 1.15 bits per heavy atom. The van der Waals surface area contributed by atoms with E-state index in [0.29, 0.717) is 12.5 Å². The molecule has 2 rings (SSSR count). The van der Waals surface area contributed by atoms with Crippen molar-refractivity contribution in [3.63, 3.8) is 0 Å². The first kappa shape index (κ1) is 15.3. The van der Waals surface area contributed by atoms with E-state index in [4.69, 9.17) is 0 Å². The van der Waals surface area contributed by atoms with E-state index in [1.807, 2.05) is 0 Å². The second-order valence-electron chi connectivity index (χ2n) is 5.49. The zero-order valence-electron chi connectivity index (χ0n) is 11.1. The maximum atomic E-state index is 13.6. The molecular formula is C15H18F4O. The van der Waals surface area contributed by atoms with Crippen molar-refractivity contribution in [2.75, 3.05) is 0 Å². The summed E-state index contributed by atoms with van der Waals surface area (Å²) in [5, 5.41) is 10.0. The maximum Gasteiger partial charge on any atom is 0.416 e. The Morgan fingerprint density at radius 2 is 1.80 bits per heavy atom. The fourth-order valence-corrected chi connectivity index (χ4v) is 2.84. The fraction of sp³-hybridized carbons (Fsp3) is 0.600. The van der Waals surface area contributed by atoms with Gasteiger partial charge in [-0.15, -0.1) is 0 Å². The van der Waals surface area contributed by atoms with Crippen molar-refractivity contribution in [2.24, 2.45) is 5.92 Å². The molecule has 20 heavy (non-hydrogen) atoms. The number of aliphatic hydroxyl groups excluding tert-OH is 1. The average Bonchev–Trinajstić information content (AvgIpc) is 2.39. The minimum Gasteiger partial charge on any atom is -0.388 e. The summed E-state index contributed by atoms with van der Waals surface area (Å²) in [5.41, 5.74) is -1.16. The summed E-state index contributed by atoms with van der Waals surface area (Å²) in [5.74, 6) is -0.506. The molecule has 1 aliphatic carbocycles. The molecule has 1 aliphatic rings. The van der Waals surface area contributed by atoms with E-state index in [9.17, 15) is 22.7 Å². The van der Waals surface area contributed by atoms with Gasteiger partial charge >= 0.3 is 6.18 Å². The second-order valence-corrected chi connectivity index (χ2v) is 5.49. The molecule has 0 spiro atoms. The fourth-order valence-electron chi connectivity index (χ4n) is 2.84. The molecule has 0 radical (unpaired) electrons. The number of rotatable bonds is 3. The van der Waals surface area contributed by atoms with Crippen LogP contribution in [0.15, 0.2) is 18.2 Å². The van der Waals surface area contributed by atoms with Crippen molar-refractivity contribution >= 4 is 0 Å². The molecule has 1 unspecified atom stereocenters. The number of aliphatic hydroxyl groups is 1. The standard InChI is InChI=1S/C15H18F4O/c16-13-7-6-11(15(17,18)19)9-12(13)14(20)8-10-4-2-1-3-5-10/h6-7,9-10,14,20H,1-5,8H2. The van der Waals surface area contributed by atoms with Crippen LogP contribution in [0.2, 0.25) is 0 Å². The summed E-state index contributed by atoms with van der Waals surface area (Å²) < 4.78 is 51.5. The summed E-state index contributed by atoms with van der Waals surface area (Å²) in [7, 11) is 0. The highest BCUT2D eigenvalue weighted by atomic mass is 19.4. The summed E-state index contributed by atoms with van der Waals surface area (Å²) in [6.07, 6.45) is -0.143. The van der Waals surface area contributed by atoms with E-state index in [2.05, 4.69) is 0 Å². The van der Waals surface area contributed by atoms with E-state index in [0.717, 1.165) is 44.2 Å². The molecule has 1 aromatic rings. The van der Waals surface area contributed by atoms with Crippen LogP contribution in [0.25, 0.3) is 0 Å². The van der Waals surface area contributed by atoms with Crippen molar-refractivity contribution in [3.05, 3.63) is 35.1 Å². The molecule has 0 amide bonds. The quantitative estimate of drug-likeness (QED) is 0.789. The molecule has 0 aromatic heterocycles. The van der Waals surface area contributed by atoms with Gasteiger partial charge in [0.2, 0.25) is 0 Å². The molecule has 1 saturated carbocycles. The first-order chi connectivity index (χ1) is 9.38. The zero-order chi connectivity index (χ0) is 14.8. The van der Waals surface area contributed by atoms with Gasteiger partial charge in [0.15, 0.2) is 0 Å². The van der Waals surface area contributed by atoms with Gasteiger partial charge in [0.1, 0.15) is 5.82 Å². The Balaban J connectivity index is 2.13. The van der Waals surface area contributed by atoms with Gasteiger partial charge in [-0.05, 0) is 30.5 Å². The van der Waals surface area contributed by atoms with Gasteiger partial charge < -0.3 is 5.11 Å². The molecular weight excluding hydrogens is 272 g/mol. The number of benzene rings is 1. The average molecular weight is 290 g/mol. The SMILES string of the molecule is OC(CC1CCCCC1)c1cc(C(F)(F)F)ccc1F. The van der Waals surface area contributed by atoms with Crippen LogP contribution in [0, 0.1) is 11.7 Å². The normalized spacial score (nSPS) is 19.1. The lowest BCUT2D eigenvalue weighted by atomic mass is 9.84. The molecule has 112 valence electrons. The Bertz CT molecular complexity index is 450. The highest BCUT2D eigenvalue weighted by Gasteiger charge is 2.32. The van der Waals surface area contributed by atoms with Gasteiger partial charge in [0, 0.05) is 5.56 Å². The first-order valence-electron chi connectivity index (χ1n) is 6.92. The van der Waals surface area contributed by atoms with Crippen LogP contribution in [0.4, 0.5) is 17.6 Å². The molecule has 1 N–H and O–H groups in total. The molecule has 0 saturated heterocycles. The highest BCUT2D eigenvalue weighted by molar-refractivity contribution is 5.28. The van der Waals surface area contributed by atoms with Crippen molar-refractivity contribution in [3.8, 4) is 0 Å². The largest absolute Gasteiger partial charge is 0.416 e. The van der Waals surface area contributed by atoms with Crippen LogP contribution < -0.4 is 0 Å². The molecule has 1 fully saturated rings. The summed E-state index contributed by atoms with van der Waals surface area (Å²) in [4.78, 5) is 0. The second kappa shape index (κ2) is 6.12. The summed E-state index contributed by atoms with van der Waals surface area (Å²) >= 11 is 0. The summed E-state index contributed by atoms with van der Waals surface area (Å²) in [6, 6.07) is 2.21. The Labute approximate surface area is 115 Å². The van der Waals surface area contributed by atoms with Crippen LogP contribution in [0.1, 0.15) is 55.8 Å². The minimum absolute atomic E-state index is 0.245. The molecule has 0 aliphatic heterocycles. The van der Waals surface area contributed by atoms with E-state index in [-0.39, 0.29) is 11.5 Å². The highest BCUT2D eigenvalue weighted by Crippen LogP contribution is 2.35. The monoisotopic (exact) mass is 290 g/mol. The van der Waals surface area contributed by atoms with E-state index < -0.39 is 23.7 Å². The van der Waals surface area contributed by atoms with Gasteiger partial charge in [-0.2, -0.15) is 13.2 Å². The van der Waals surface area contributed by atoms with Gasteiger partial charge in [-0.3, -0.25) is 0 Å². The summed E-state index contributed by atoms with van der Waals surface area (Å²) in [6.45, 7) is 0. The third-order valence-electron chi connectivity index (χ3n) is 3.96. The lowest BCUT2D eigenvalue weighted by Gasteiger charge is -2.24. The van der Waals surface area contributed by atoms with Crippen molar-refractivity contribution in [1.29, 1.82) is 0 Å². The van der Waals surface area contributed by atoms with Crippen LogP contribution in [0.5, 0.6) is 0 Å². The molecule has 5 heteroatoms.